The minimum Gasteiger partial charge on any atom is -0.352 e. The van der Waals surface area contributed by atoms with Gasteiger partial charge in [0.15, 0.2) is 0 Å². The van der Waals surface area contributed by atoms with Crippen LogP contribution in [0.4, 0.5) is 5.69 Å². The average Bonchev–Trinajstić information content (AvgIpc) is 2.81. The molecule has 0 aliphatic rings. The van der Waals surface area contributed by atoms with Crippen LogP contribution in [0.25, 0.3) is 10.8 Å². The first-order chi connectivity index (χ1) is 16.6. The number of carbonyl (C=O) groups is 2. The van der Waals surface area contributed by atoms with Crippen molar-refractivity contribution in [2.75, 3.05) is 17.1 Å². The van der Waals surface area contributed by atoms with E-state index in [1.165, 1.54) is 4.90 Å². The van der Waals surface area contributed by atoms with Gasteiger partial charge in [0.05, 0.1) is 11.9 Å². The third kappa shape index (κ3) is 6.60. The van der Waals surface area contributed by atoms with Crippen LogP contribution in [-0.2, 0) is 26.2 Å². The fraction of sp³-hybridized carbons (Fsp3) is 0.333. The highest BCUT2D eigenvalue weighted by Gasteiger charge is 2.32. The molecule has 0 saturated heterocycles. The Morgan fingerprint density at radius 2 is 1.54 bits per heavy atom. The van der Waals surface area contributed by atoms with E-state index in [4.69, 9.17) is 0 Å². The summed E-state index contributed by atoms with van der Waals surface area (Å²) in [4.78, 5) is 28.2. The second-order valence-electron chi connectivity index (χ2n) is 8.86. The Labute approximate surface area is 207 Å². The van der Waals surface area contributed by atoms with E-state index >= 15 is 0 Å². The second-order valence-corrected chi connectivity index (χ2v) is 10.8. The normalized spacial score (nSPS) is 12.4. The first kappa shape index (κ1) is 26.2. The predicted molar refractivity (Wildman–Crippen MR) is 140 cm³/mol. The van der Waals surface area contributed by atoms with Gasteiger partial charge in [-0.1, -0.05) is 73.7 Å². The van der Waals surface area contributed by atoms with Gasteiger partial charge in [-0.15, -0.1) is 0 Å². The molecular formula is C27H33N3O4S. The van der Waals surface area contributed by atoms with Gasteiger partial charge in [0.25, 0.3) is 0 Å². The van der Waals surface area contributed by atoms with E-state index in [1.807, 2.05) is 81.4 Å². The van der Waals surface area contributed by atoms with Crippen molar-refractivity contribution in [3.63, 3.8) is 0 Å². The molecule has 1 atom stereocenters. The summed E-state index contributed by atoms with van der Waals surface area (Å²) < 4.78 is 26.9. The van der Waals surface area contributed by atoms with Crippen LogP contribution in [0.1, 0.15) is 32.8 Å². The Morgan fingerprint density at radius 1 is 0.914 bits per heavy atom. The molecule has 2 amide bonds. The van der Waals surface area contributed by atoms with Gasteiger partial charge < -0.3 is 10.2 Å². The van der Waals surface area contributed by atoms with Gasteiger partial charge in [0.1, 0.15) is 12.6 Å². The van der Waals surface area contributed by atoms with Crippen molar-refractivity contribution in [3.05, 3.63) is 78.4 Å². The molecule has 8 heteroatoms. The fourth-order valence-corrected chi connectivity index (χ4v) is 4.96. The molecule has 0 radical (unpaired) electrons. The molecule has 0 bridgehead atoms. The maximum absolute atomic E-state index is 13.7. The lowest BCUT2D eigenvalue weighted by atomic mass is 10.1. The smallest absolute Gasteiger partial charge is 0.244 e. The molecule has 35 heavy (non-hydrogen) atoms. The largest absolute Gasteiger partial charge is 0.352 e. The standard InChI is InChI=1S/C27H33N3O4S/c1-5-24(27(32)28-20(2)3)29(18-21-12-7-6-8-13-21)26(31)19-30(35(4,33)34)25-17-11-15-22-14-9-10-16-23(22)25/h6-17,20,24H,5,18-19H2,1-4H3,(H,28,32)/t24-/m0/s1. The molecule has 3 aromatic rings. The summed E-state index contributed by atoms with van der Waals surface area (Å²) in [5.74, 6) is -0.708. The molecule has 0 heterocycles. The van der Waals surface area contributed by atoms with Crippen LogP contribution < -0.4 is 9.62 Å². The molecule has 1 N–H and O–H groups in total. The molecule has 0 saturated carbocycles. The Morgan fingerprint density at radius 3 is 2.17 bits per heavy atom. The Bertz CT molecular complexity index is 1270. The molecule has 0 aliphatic heterocycles. The van der Waals surface area contributed by atoms with Crippen molar-refractivity contribution in [1.82, 2.24) is 10.2 Å². The van der Waals surface area contributed by atoms with Gasteiger partial charge in [-0.05, 0) is 37.3 Å². The molecular weight excluding hydrogens is 462 g/mol. The molecule has 186 valence electrons. The van der Waals surface area contributed by atoms with Gasteiger partial charge in [-0.2, -0.15) is 0 Å². The van der Waals surface area contributed by atoms with E-state index < -0.39 is 28.5 Å². The number of fused-ring (bicyclic) bond motifs is 1. The molecule has 7 nitrogen and oxygen atoms in total. The van der Waals surface area contributed by atoms with Crippen LogP contribution in [0, 0.1) is 0 Å². The summed E-state index contributed by atoms with van der Waals surface area (Å²) in [7, 11) is -3.80. The number of sulfonamides is 1. The number of nitrogens with zero attached hydrogens (tertiary/aromatic N) is 2. The van der Waals surface area contributed by atoms with E-state index in [9.17, 15) is 18.0 Å². The summed E-state index contributed by atoms with van der Waals surface area (Å²) >= 11 is 0. The van der Waals surface area contributed by atoms with Gasteiger partial charge in [0.2, 0.25) is 21.8 Å². The van der Waals surface area contributed by atoms with E-state index in [0.717, 1.165) is 26.9 Å². The number of amides is 2. The van der Waals surface area contributed by atoms with Crippen LogP contribution in [0.15, 0.2) is 72.8 Å². The van der Waals surface area contributed by atoms with Crippen molar-refractivity contribution < 1.29 is 18.0 Å². The number of rotatable bonds is 10. The van der Waals surface area contributed by atoms with Crippen LogP contribution in [-0.4, -0.2) is 50.0 Å². The van der Waals surface area contributed by atoms with E-state index in [1.54, 1.807) is 12.1 Å². The number of anilines is 1. The van der Waals surface area contributed by atoms with Gasteiger partial charge in [-0.3, -0.25) is 13.9 Å². The third-order valence-electron chi connectivity index (χ3n) is 5.73. The topological polar surface area (TPSA) is 86.8 Å². The van der Waals surface area contributed by atoms with Gasteiger partial charge in [0, 0.05) is 18.0 Å². The minimum atomic E-state index is -3.80. The first-order valence-electron chi connectivity index (χ1n) is 11.7. The van der Waals surface area contributed by atoms with Gasteiger partial charge in [-0.25, -0.2) is 8.42 Å². The highest BCUT2D eigenvalue weighted by atomic mass is 32.2. The van der Waals surface area contributed by atoms with Crippen LogP contribution in [0.2, 0.25) is 0 Å². The third-order valence-corrected chi connectivity index (χ3v) is 6.85. The number of hydrogen-bond donors (Lipinski definition) is 1. The predicted octanol–water partition coefficient (Wildman–Crippen LogP) is 3.94. The number of carbonyl (C=O) groups excluding carboxylic acids is 2. The fourth-order valence-electron chi connectivity index (χ4n) is 4.10. The molecule has 0 fully saturated rings. The summed E-state index contributed by atoms with van der Waals surface area (Å²) in [6.07, 6.45) is 1.48. The zero-order valence-corrected chi connectivity index (χ0v) is 21.5. The summed E-state index contributed by atoms with van der Waals surface area (Å²) in [6.45, 7) is 5.34. The minimum absolute atomic E-state index is 0.0894. The SMILES string of the molecule is CC[C@@H](C(=O)NC(C)C)N(Cc1ccccc1)C(=O)CN(c1cccc2ccccc12)S(C)(=O)=O. The monoisotopic (exact) mass is 495 g/mol. The van der Waals surface area contributed by atoms with Crippen LogP contribution >= 0.6 is 0 Å². The lowest BCUT2D eigenvalue weighted by Crippen LogP contribution is -2.53. The summed E-state index contributed by atoms with van der Waals surface area (Å²) in [5.41, 5.74) is 1.28. The van der Waals surface area contributed by atoms with E-state index in [2.05, 4.69) is 5.32 Å². The quantitative estimate of drug-likeness (QED) is 0.462. The van der Waals surface area contributed by atoms with Crippen molar-refractivity contribution in [2.45, 2.75) is 45.8 Å². The van der Waals surface area contributed by atoms with Crippen molar-refractivity contribution in [1.29, 1.82) is 0 Å². The van der Waals surface area contributed by atoms with E-state index in [0.29, 0.717) is 12.1 Å². The second kappa shape index (κ2) is 11.4. The maximum Gasteiger partial charge on any atom is 0.244 e. The zero-order valence-electron chi connectivity index (χ0n) is 20.6. The van der Waals surface area contributed by atoms with Crippen molar-refractivity contribution >= 4 is 38.3 Å². The lowest BCUT2D eigenvalue weighted by molar-refractivity contribution is -0.140. The van der Waals surface area contributed by atoms with Crippen LogP contribution in [0.3, 0.4) is 0 Å². The summed E-state index contributed by atoms with van der Waals surface area (Å²) in [6, 6.07) is 21.3. The molecule has 0 unspecified atom stereocenters. The van der Waals surface area contributed by atoms with E-state index in [-0.39, 0.29) is 18.5 Å². The highest BCUT2D eigenvalue weighted by molar-refractivity contribution is 7.92. The maximum atomic E-state index is 13.7. The zero-order chi connectivity index (χ0) is 25.6. The molecule has 0 aliphatic carbocycles. The lowest BCUT2D eigenvalue weighted by Gasteiger charge is -2.33. The van der Waals surface area contributed by atoms with Crippen LogP contribution in [0.5, 0.6) is 0 Å². The average molecular weight is 496 g/mol. The van der Waals surface area contributed by atoms with Gasteiger partial charge >= 0.3 is 0 Å². The number of hydrogen-bond acceptors (Lipinski definition) is 4. The first-order valence-corrected chi connectivity index (χ1v) is 13.6. The Hall–Kier alpha value is -3.39. The highest BCUT2D eigenvalue weighted by Crippen LogP contribution is 2.28. The molecule has 0 aromatic heterocycles. The molecule has 3 aromatic carbocycles. The number of benzene rings is 3. The number of nitrogens with one attached hydrogen (secondary N) is 1. The Kier molecular flexibility index (Phi) is 8.51. The Balaban J connectivity index is 2.01. The molecule has 0 spiro atoms. The van der Waals surface area contributed by atoms with Crippen molar-refractivity contribution in [2.24, 2.45) is 0 Å². The summed E-state index contributed by atoms with van der Waals surface area (Å²) in [5, 5.41) is 4.49. The van der Waals surface area contributed by atoms with Crippen molar-refractivity contribution in [3.8, 4) is 0 Å². The molecule has 3 rings (SSSR count).